The molecule has 3 aromatic rings. The zero-order chi connectivity index (χ0) is 35.2. The molecule has 3 N–H and O–H groups in total. The zero-order valence-electron chi connectivity index (χ0n) is 29.3. The van der Waals surface area contributed by atoms with Crippen molar-refractivity contribution in [3.8, 4) is 17.2 Å². The number of unbranched alkanes of at least 4 members (excludes halogenated alkanes) is 2. The summed E-state index contributed by atoms with van der Waals surface area (Å²) in [6.07, 6.45) is 5.80. The molecule has 0 aromatic heterocycles. The fourth-order valence-electron chi connectivity index (χ4n) is 5.85. The number of piperidine rings is 1. The van der Waals surface area contributed by atoms with Crippen molar-refractivity contribution in [3.63, 3.8) is 0 Å². The van der Waals surface area contributed by atoms with Gasteiger partial charge in [-0.25, -0.2) is 0 Å². The molecular weight excluding hydrogens is 622 g/mol. The Bertz CT molecular complexity index is 1540. The van der Waals surface area contributed by atoms with Crippen LogP contribution in [0.1, 0.15) is 65.7 Å². The summed E-state index contributed by atoms with van der Waals surface area (Å²) in [5, 5.41) is 2.87. The topological polar surface area (TPSA) is 127 Å². The smallest absolute Gasteiger partial charge is 0.259 e. The Morgan fingerprint density at radius 1 is 0.837 bits per heavy atom. The fourth-order valence-corrected chi connectivity index (χ4v) is 5.85. The van der Waals surface area contributed by atoms with E-state index in [1.54, 1.807) is 49.5 Å². The number of nitrogens with two attached hydrogens (primary N) is 1. The highest BCUT2D eigenvalue weighted by Crippen LogP contribution is 2.32. The van der Waals surface area contributed by atoms with Crippen LogP contribution in [0.4, 0.5) is 11.4 Å². The Balaban J connectivity index is 1.30. The molecule has 0 bridgehead atoms. The average molecular weight is 674 g/mol. The monoisotopic (exact) mass is 673 g/mol. The van der Waals surface area contributed by atoms with Gasteiger partial charge in [0.25, 0.3) is 11.8 Å². The maximum Gasteiger partial charge on any atom is 0.259 e. The number of nitrogens with zero attached hydrogens (tertiary/aromatic N) is 3. The van der Waals surface area contributed by atoms with E-state index in [1.165, 1.54) is 12.0 Å². The van der Waals surface area contributed by atoms with Crippen LogP contribution < -0.4 is 30.2 Å². The van der Waals surface area contributed by atoms with Gasteiger partial charge in [-0.2, -0.15) is 0 Å². The molecule has 1 saturated heterocycles. The van der Waals surface area contributed by atoms with Crippen LogP contribution >= 0.6 is 0 Å². The van der Waals surface area contributed by atoms with Crippen molar-refractivity contribution in [3.05, 3.63) is 77.9 Å². The summed E-state index contributed by atoms with van der Waals surface area (Å²) in [5.41, 5.74) is 7.38. The van der Waals surface area contributed by atoms with Crippen molar-refractivity contribution in [2.75, 3.05) is 71.3 Å². The third kappa shape index (κ3) is 10.4. The summed E-state index contributed by atoms with van der Waals surface area (Å²) >= 11 is 0. The lowest BCUT2D eigenvalue weighted by Crippen LogP contribution is -2.44. The van der Waals surface area contributed by atoms with Crippen LogP contribution in [-0.2, 0) is 4.79 Å². The number of methoxy groups -OCH3 is 1. The predicted octanol–water partition coefficient (Wildman–Crippen LogP) is 5.44. The van der Waals surface area contributed by atoms with E-state index in [1.807, 2.05) is 29.2 Å². The number of nitrogens with one attached hydrogen (secondary N) is 1. The number of anilines is 2. The summed E-state index contributed by atoms with van der Waals surface area (Å²) < 4.78 is 17.4. The van der Waals surface area contributed by atoms with Gasteiger partial charge in [0.05, 0.1) is 37.3 Å². The molecule has 11 nitrogen and oxygen atoms in total. The molecule has 49 heavy (non-hydrogen) atoms. The minimum absolute atomic E-state index is 0.240. The number of benzene rings is 3. The molecule has 1 aliphatic heterocycles. The third-order valence-electron chi connectivity index (χ3n) is 8.81. The number of amides is 3. The highest BCUT2D eigenvalue weighted by molar-refractivity contribution is 6.09. The highest BCUT2D eigenvalue weighted by atomic mass is 16.5. The molecule has 4 rings (SSSR count). The predicted molar refractivity (Wildman–Crippen MR) is 193 cm³/mol. The number of likely N-dealkylation sites (tertiary alicyclic amines) is 1. The SMILES string of the molecule is COc1cc(C(=O)N(C)c2ccccc2OCCCCCC(=O)N2CCC(N(C)C)CC2)ccc1NC(=O)c1ccccc1OCCCN. The van der Waals surface area contributed by atoms with Gasteiger partial charge in [-0.05, 0) is 102 Å². The maximum atomic E-state index is 13.6. The highest BCUT2D eigenvalue weighted by Gasteiger charge is 2.24. The van der Waals surface area contributed by atoms with Gasteiger partial charge < -0.3 is 40.0 Å². The fraction of sp³-hybridized carbons (Fsp3) is 0.447. The molecule has 11 heteroatoms. The van der Waals surface area contributed by atoms with Gasteiger partial charge in [-0.15, -0.1) is 0 Å². The molecule has 1 fully saturated rings. The largest absolute Gasteiger partial charge is 0.495 e. The Labute approximate surface area is 290 Å². The number of hydrogen-bond acceptors (Lipinski definition) is 8. The van der Waals surface area contributed by atoms with Gasteiger partial charge in [0, 0.05) is 38.2 Å². The van der Waals surface area contributed by atoms with E-state index in [0.29, 0.717) is 78.4 Å². The van der Waals surface area contributed by atoms with E-state index in [9.17, 15) is 14.4 Å². The Kier molecular flexibility index (Phi) is 14.3. The molecular formula is C38H51N5O6. The van der Waals surface area contributed by atoms with Crippen molar-refractivity contribution in [1.82, 2.24) is 9.80 Å². The van der Waals surface area contributed by atoms with Gasteiger partial charge in [-0.3, -0.25) is 14.4 Å². The van der Waals surface area contributed by atoms with E-state index in [4.69, 9.17) is 19.9 Å². The molecule has 3 amide bonds. The van der Waals surface area contributed by atoms with Gasteiger partial charge >= 0.3 is 0 Å². The number of carbonyl (C=O) groups excluding carboxylic acids is 3. The van der Waals surface area contributed by atoms with Gasteiger partial charge in [0.1, 0.15) is 17.2 Å². The van der Waals surface area contributed by atoms with Crippen molar-refractivity contribution < 1.29 is 28.6 Å². The Hall–Kier alpha value is -4.61. The van der Waals surface area contributed by atoms with Crippen LogP contribution in [0.15, 0.2) is 66.7 Å². The lowest BCUT2D eigenvalue weighted by molar-refractivity contribution is -0.132. The van der Waals surface area contributed by atoms with Crippen molar-refractivity contribution in [2.24, 2.45) is 5.73 Å². The molecule has 3 aromatic carbocycles. The van der Waals surface area contributed by atoms with Crippen LogP contribution in [0, 0.1) is 0 Å². The number of carbonyl (C=O) groups is 3. The van der Waals surface area contributed by atoms with Crippen molar-refractivity contribution in [1.29, 1.82) is 0 Å². The summed E-state index contributed by atoms with van der Waals surface area (Å²) in [7, 11) is 7.38. The number of para-hydroxylation sites is 3. The molecule has 0 spiro atoms. The second-order valence-electron chi connectivity index (χ2n) is 12.4. The van der Waals surface area contributed by atoms with Gasteiger partial charge in [0.15, 0.2) is 0 Å². The second kappa shape index (κ2) is 18.8. The molecule has 1 aliphatic rings. The standard InChI is InChI=1S/C38H51N5O6/c1-41(2)29-20-23-43(24-21-29)36(44)17-6-5-11-25-49-34-16-10-8-14-32(34)42(3)38(46)28-18-19-31(35(27-28)47-4)40-37(45)30-13-7-9-15-33(30)48-26-12-22-39/h7-10,13-16,18-19,27,29H,5-6,11-12,17,20-26,39H2,1-4H3,(H,40,45). The Morgan fingerprint density at radius 3 is 2.22 bits per heavy atom. The quantitative estimate of drug-likeness (QED) is 0.182. The van der Waals surface area contributed by atoms with Crippen LogP contribution in [0.5, 0.6) is 17.2 Å². The zero-order valence-corrected chi connectivity index (χ0v) is 29.3. The van der Waals surface area contributed by atoms with Crippen LogP contribution in [0.25, 0.3) is 0 Å². The third-order valence-corrected chi connectivity index (χ3v) is 8.81. The lowest BCUT2D eigenvalue weighted by atomic mass is 10.0. The van der Waals surface area contributed by atoms with E-state index < -0.39 is 0 Å². The number of rotatable bonds is 17. The Morgan fingerprint density at radius 2 is 1.51 bits per heavy atom. The summed E-state index contributed by atoms with van der Waals surface area (Å²) in [6, 6.07) is 19.9. The molecule has 0 saturated carbocycles. The second-order valence-corrected chi connectivity index (χ2v) is 12.4. The average Bonchev–Trinajstić information content (AvgIpc) is 3.13. The first kappa shape index (κ1) is 37.2. The first-order chi connectivity index (χ1) is 23.7. The summed E-state index contributed by atoms with van der Waals surface area (Å²) in [5.74, 6) is 1.01. The molecule has 0 atom stereocenters. The first-order valence-corrected chi connectivity index (χ1v) is 17.1. The van der Waals surface area contributed by atoms with E-state index in [0.717, 1.165) is 45.2 Å². The number of hydrogen-bond donors (Lipinski definition) is 2. The maximum absolute atomic E-state index is 13.6. The minimum Gasteiger partial charge on any atom is -0.495 e. The van der Waals surface area contributed by atoms with E-state index in [-0.39, 0.29) is 17.7 Å². The molecule has 0 aliphatic carbocycles. The van der Waals surface area contributed by atoms with Crippen LogP contribution in [0.2, 0.25) is 0 Å². The van der Waals surface area contributed by atoms with E-state index in [2.05, 4.69) is 24.3 Å². The molecule has 0 unspecified atom stereocenters. The molecule has 264 valence electrons. The first-order valence-electron chi connectivity index (χ1n) is 17.1. The molecule has 1 heterocycles. The normalized spacial score (nSPS) is 13.2. The van der Waals surface area contributed by atoms with E-state index >= 15 is 0 Å². The number of ether oxygens (including phenoxy) is 3. The molecule has 0 radical (unpaired) electrons. The minimum atomic E-state index is -0.365. The van der Waals surface area contributed by atoms with Crippen LogP contribution in [-0.4, -0.2) is 94.7 Å². The van der Waals surface area contributed by atoms with Crippen molar-refractivity contribution >= 4 is 29.1 Å². The lowest BCUT2D eigenvalue weighted by Gasteiger charge is -2.35. The summed E-state index contributed by atoms with van der Waals surface area (Å²) in [4.78, 5) is 45.2. The van der Waals surface area contributed by atoms with Crippen molar-refractivity contribution in [2.45, 2.75) is 51.0 Å². The van der Waals surface area contributed by atoms with Gasteiger partial charge in [-0.1, -0.05) is 24.3 Å². The summed E-state index contributed by atoms with van der Waals surface area (Å²) in [6.45, 7) is 3.05. The van der Waals surface area contributed by atoms with Crippen LogP contribution in [0.3, 0.4) is 0 Å². The van der Waals surface area contributed by atoms with Gasteiger partial charge in [0.2, 0.25) is 5.91 Å².